The van der Waals surface area contributed by atoms with Crippen LogP contribution in [0.25, 0.3) is 0 Å². The maximum absolute atomic E-state index is 11.3. The Morgan fingerprint density at radius 3 is 2.57 bits per heavy atom. The highest BCUT2D eigenvalue weighted by Crippen LogP contribution is 2.26. The summed E-state index contributed by atoms with van der Waals surface area (Å²) >= 11 is 0. The monoisotopic (exact) mass is 315 g/mol. The summed E-state index contributed by atoms with van der Waals surface area (Å²) in [5, 5.41) is 19.1. The zero-order chi connectivity index (χ0) is 16.8. The van der Waals surface area contributed by atoms with Gasteiger partial charge in [-0.3, -0.25) is 15.0 Å². The van der Waals surface area contributed by atoms with E-state index in [0.717, 1.165) is 0 Å². The van der Waals surface area contributed by atoms with E-state index in [2.05, 4.69) is 15.3 Å². The molecule has 2 aromatic rings. The van der Waals surface area contributed by atoms with Crippen LogP contribution in [0.4, 0.5) is 5.69 Å². The number of nitrogens with two attached hydrogens (primary N) is 1. The number of nitrogens with one attached hydrogen (secondary N) is 2. The molecule has 9 heteroatoms. The number of anilines is 1. The van der Waals surface area contributed by atoms with Crippen molar-refractivity contribution in [2.75, 3.05) is 11.9 Å². The Morgan fingerprint density at radius 1 is 1.26 bits per heavy atom. The van der Waals surface area contributed by atoms with Crippen LogP contribution in [0, 0.1) is 5.41 Å². The highest BCUT2D eigenvalue weighted by Gasteiger charge is 2.15. The minimum Gasteiger partial charge on any atom is -0.480 e. The Hall–Kier alpha value is -3.49. The summed E-state index contributed by atoms with van der Waals surface area (Å²) in [5.41, 5.74) is 5.08. The van der Waals surface area contributed by atoms with Crippen LogP contribution < -0.4 is 15.8 Å². The molecule has 0 saturated carbocycles. The van der Waals surface area contributed by atoms with Crippen LogP contribution in [0.3, 0.4) is 0 Å². The molecule has 1 heterocycles. The van der Waals surface area contributed by atoms with Crippen LogP contribution in [0.5, 0.6) is 11.5 Å². The summed E-state index contributed by atoms with van der Waals surface area (Å²) < 4.78 is 5.51. The SMILES string of the molecule is N=C(C(N)=O)c1cc(Oc2cncnc2)ccc1NCC(=O)O. The summed E-state index contributed by atoms with van der Waals surface area (Å²) in [6, 6.07) is 4.45. The first-order valence-corrected chi connectivity index (χ1v) is 6.38. The van der Waals surface area contributed by atoms with Crippen molar-refractivity contribution in [1.82, 2.24) is 9.97 Å². The van der Waals surface area contributed by atoms with Crippen molar-refractivity contribution < 1.29 is 19.4 Å². The average Bonchev–Trinajstić information content (AvgIpc) is 2.53. The van der Waals surface area contributed by atoms with Crippen LogP contribution in [0.2, 0.25) is 0 Å². The molecular formula is C14H13N5O4. The van der Waals surface area contributed by atoms with Crippen LogP contribution in [-0.4, -0.2) is 39.2 Å². The fraction of sp³-hybridized carbons (Fsp3) is 0.0714. The van der Waals surface area contributed by atoms with Gasteiger partial charge in [0, 0.05) is 11.3 Å². The number of carbonyl (C=O) groups is 2. The summed E-state index contributed by atoms with van der Waals surface area (Å²) in [6.45, 7) is -0.369. The number of benzene rings is 1. The van der Waals surface area contributed by atoms with E-state index in [4.69, 9.17) is 21.0 Å². The van der Waals surface area contributed by atoms with Gasteiger partial charge in [0.25, 0.3) is 5.91 Å². The molecule has 118 valence electrons. The molecule has 23 heavy (non-hydrogen) atoms. The molecule has 1 aromatic heterocycles. The number of carboxylic acids is 1. The van der Waals surface area contributed by atoms with Gasteiger partial charge in [-0.1, -0.05) is 0 Å². The number of carbonyl (C=O) groups excluding carboxylic acids is 1. The van der Waals surface area contributed by atoms with Crippen molar-refractivity contribution in [3.05, 3.63) is 42.5 Å². The third-order valence-electron chi connectivity index (χ3n) is 2.71. The number of primary amides is 1. The third kappa shape index (κ3) is 4.24. The van der Waals surface area contributed by atoms with Gasteiger partial charge in [-0.2, -0.15) is 0 Å². The molecule has 0 atom stereocenters. The molecule has 0 bridgehead atoms. The highest BCUT2D eigenvalue weighted by atomic mass is 16.5. The maximum Gasteiger partial charge on any atom is 0.322 e. The van der Waals surface area contributed by atoms with E-state index in [1.807, 2.05) is 0 Å². The van der Waals surface area contributed by atoms with Gasteiger partial charge in [0.2, 0.25) is 0 Å². The van der Waals surface area contributed by atoms with Crippen molar-refractivity contribution in [3.8, 4) is 11.5 Å². The molecule has 0 radical (unpaired) electrons. The molecule has 0 aliphatic carbocycles. The van der Waals surface area contributed by atoms with E-state index in [-0.39, 0.29) is 17.8 Å². The molecule has 0 aliphatic heterocycles. The minimum absolute atomic E-state index is 0.132. The van der Waals surface area contributed by atoms with E-state index in [1.165, 1.54) is 30.9 Å². The lowest BCUT2D eigenvalue weighted by Gasteiger charge is -2.12. The van der Waals surface area contributed by atoms with Gasteiger partial charge in [-0.25, -0.2) is 9.97 Å². The second kappa shape index (κ2) is 6.98. The lowest BCUT2D eigenvalue weighted by Crippen LogP contribution is -2.25. The molecule has 5 N–H and O–H groups in total. The Morgan fingerprint density at radius 2 is 1.96 bits per heavy atom. The van der Waals surface area contributed by atoms with Gasteiger partial charge in [-0.05, 0) is 18.2 Å². The average molecular weight is 315 g/mol. The van der Waals surface area contributed by atoms with Gasteiger partial charge in [0.15, 0.2) is 5.75 Å². The Kier molecular flexibility index (Phi) is 4.82. The molecule has 9 nitrogen and oxygen atoms in total. The lowest BCUT2D eigenvalue weighted by atomic mass is 10.1. The van der Waals surface area contributed by atoms with Crippen molar-refractivity contribution in [3.63, 3.8) is 0 Å². The molecule has 0 unspecified atom stereocenters. The van der Waals surface area contributed by atoms with Gasteiger partial charge < -0.3 is 20.9 Å². The summed E-state index contributed by atoms with van der Waals surface area (Å²) in [6.07, 6.45) is 4.24. The number of aliphatic carboxylic acids is 1. The highest BCUT2D eigenvalue weighted by molar-refractivity contribution is 6.44. The second-order valence-electron chi connectivity index (χ2n) is 4.37. The zero-order valence-corrected chi connectivity index (χ0v) is 11.8. The van der Waals surface area contributed by atoms with E-state index in [9.17, 15) is 9.59 Å². The second-order valence-corrected chi connectivity index (χ2v) is 4.37. The van der Waals surface area contributed by atoms with Crippen molar-refractivity contribution in [2.24, 2.45) is 5.73 Å². The largest absolute Gasteiger partial charge is 0.480 e. The van der Waals surface area contributed by atoms with E-state index in [1.54, 1.807) is 6.07 Å². The molecule has 2 rings (SSSR count). The van der Waals surface area contributed by atoms with Crippen molar-refractivity contribution in [2.45, 2.75) is 0 Å². The first-order chi connectivity index (χ1) is 11.0. The van der Waals surface area contributed by atoms with Gasteiger partial charge >= 0.3 is 5.97 Å². The van der Waals surface area contributed by atoms with Crippen molar-refractivity contribution in [1.29, 1.82) is 5.41 Å². The Bertz CT molecular complexity index is 748. The van der Waals surface area contributed by atoms with Gasteiger partial charge in [0.05, 0.1) is 12.4 Å². The standard InChI is InChI=1S/C14H13N5O4/c15-13(14(16)22)10-3-8(23-9-4-17-7-18-5-9)1-2-11(10)19-6-12(20)21/h1-5,7,15,19H,6H2,(H2,16,22)(H,20,21). The predicted molar refractivity (Wildman–Crippen MR) is 80.7 cm³/mol. The topological polar surface area (TPSA) is 151 Å². The van der Waals surface area contributed by atoms with Crippen LogP contribution in [-0.2, 0) is 9.59 Å². The number of amides is 1. The summed E-state index contributed by atoms with van der Waals surface area (Å²) in [7, 11) is 0. The van der Waals surface area contributed by atoms with Crippen LogP contribution >= 0.6 is 0 Å². The number of rotatable bonds is 7. The fourth-order valence-electron chi connectivity index (χ4n) is 1.73. The molecule has 0 aliphatic rings. The number of ether oxygens (including phenoxy) is 1. The van der Waals surface area contributed by atoms with Crippen molar-refractivity contribution >= 4 is 23.3 Å². The first-order valence-electron chi connectivity index (χ1n) is 6.38. The quantitative estimate of drug-likeness (QED) is 0.546. The molecule has 1 amide bonds. The smallest absolute Gasteiger partial charge is 0.322 e. The van der Waals surface area contributed by atoms with E-state index in [0.29, 0.717) is 11.5 Å². The van der Waals surface area contributed by atoms with E-state index >= 15 is 0 Å². The van der Waals surface area contributed by atoms with Gasteiger partial charge in [0.1, 0.15) is 24.3 Å². The number of aromatic nitrogens is 2. The number of hydrogen-bond acceptors (Lipinski definition) is 7. The molecule has 0 saturated heterocycles. The molecular weight excluding hydrogens is 302 g/mol. The summed E-state index contributed by atoms with van der Waals surface area (Å²) in [5.74, 6) is -1.33. The lowest BCUT2D eigenvalue weighted by molar-refractivity contribution is -0.134. The summed E-state index contributed by atoms with van der Waals surface area (Å²) in [4.78, 5) is 29.5. The molecule has 0 fully saturated rings. The van der Waals surface area contributed by atoms with Gasteiger partial charge in [-0.15, -0.1) is 0 Å². The normalized spacial score (nSPS) is 9.91. The molecule has 1 aromatic carbocycles. The zero-order valence-electron chi connectivity index (χ0n) is 11.8. The number of nitrogens with zero attached hydrogens (tertiary/aromatic N) is 2. The minimum atomic E-state index is -1.08. The Balaban J connectivity index is 2.32. The third-order valence-corrected chi connectivity index (χ3v) is 2.71. The molecule has 0 spiro atoms. The van der Waals surface area contributed by atoms with E-state index < -0.39 is 17.6 Å². The first kappa shape index (κ1) is 15.9. The van der Waals surface area contributed by atoms with Crippen LogP contribution in [0.15, 0.2) is 36.9 Å². The number of hydrogen-bond donors (Lipinski definition) is 4. The maximum atomic E-state index is 11.3. The predicted octanol–water partition coefficient (Wildman–Crippen LogP) is 0.619. The van der Waals surface area contributed by atoms with Crippen LogP contribution in [0.1, 0.15) is 5.56 Å². The Labute approximate surface area is 130 Å². The number of carboxylic acid groups (broad SMARTS) is 1. The fourth-order valence-corrected chi connectivity index (χ4v) is 1.73.